The fourth-order valence-electron chi connectivity index (χ4n) is 3.86. The summed E-state index contributed by atoms with van der Waals surface area (Å²) in [4.78, 5) is 17.0. The number of carbonyl (C=O) groups is 1. The summed E-state index contributed by atoms with van der Waals surface area (Å²) in [7, 11) is 0. The normalized spacial score (nSPS) is 20.9. The van der Waals surface area contributed by atoms with Gasteiger partial charge in [0, 0.05) is 56.0 Å². The summed E-state index contributed by atoms with van der Waals surface area (Å²) in [6, 6.07) is 5.03. The van der Waals surface area contributed by atoms with Crippen molar-refractivity contribution in [2.75, 3.05) is 50.8 Å². The quantitative estimate of drug-likeness (QED) is 0.573. The molecule has 2 fully saturated rings. The van der Waals surface area contributed by atoms with Gasteiger partial charge in [-0.3, -0.25) is 4.90 Å². The van der Waals surface area contributed by atoms with Gasteiger partial charge in [0.05, 0.1) is 13.2 Å². The molecule has 0 aromatic heterocycles. The molecule has 0 unspecified atom stereocenters. The summed E-state index contributed by atoms with van der Waals surface area (Å²) >= 11 is 6.44. The van der Waals surface area contributed by atoms with Crippen LogP contribution in [-0.4, -0.2) is 86.3 Å². The molecule has 0 N–H and O–H groups in total. The van der Waals surface area contributed by atoms with Crippen LogP contribution in [0.25, 0.3) is 0 Å². The number of hydrogen-bond donors (Lipinski definition) is 0. The van der Waals surface area contributed by atoms with Crippen molar-refractivity contribution in [3.8, 4) is 0 Å². The maximum atomic E-state index is 12.7. The molecule has 1 aromatic carbocycles. The highest BCUT2D eigenvalue weighted by molar-refractivity contribution is 6.31. The first-order valence-electron chi connectivity index (χ1n) is 10.3. The van der Waals surface area contributed by atoms with Gasteiger partial charge in [-0.15, -0.1) is 0 Å². The number of ether oxygens (including phenoxy) is 2. The Hall–Kier alpha value is -1.92. The Kier molecular flexibility index (Phi) is 7.90. The zero-order valence-electron chi connectivity index (χ0n) is 17.8. The van der Waals surface area contributed by atoms with Gasteiger partial charge in [0.15, 0.2) is 0 Å². The first-order chi connectivity index (χ1) is 15.4. The van der Waals surface area contributed by atoms with Gasteiger partial charge in [0.25, 0.3) is 6.10 Å². The Morgan fingerprint density at radius 2 is 1.76 bits per heavy atom. The number of rotatable bonds is 4. The minimum Gasteiger partial charge on any atom is -0.426 e. The largest absolute Gasteiger partial charge is 0.434 e. The lowest BCUT2D eigenvalue weighted by atomic mass is 10.1. The number of benzene rings is 1. The Labute approximate surface area is 191 Å². The maximum Gasteiger partial charge on any atom is 0.434 e. The SMILES string of the molecule is C[C@@H]1CN(Cc2ccc(N3CCOCC3)cc2Cl)CCN1C(=O)OC(C(F)(F)F)C(F)(F)F. The smallest absolute Gasteiger partial charge is 0.426 e. The minimum atomic E-state index is -5.75. The van der Waals surface area contributed by atoms with Crippen molar-refractivity contribution in [1.82, 2.24) is 9.80 Å². The average Bonchev–Trinajstić information content (AvgIpc) is 2.72. The molecule has 0 radical (unpaired) electrons. The molecule has 1 amide bonds. The molecule has 0 spiro atoms. The molecule has 0 saturated carbocycles. The van der Waals surface area contributed by atoms with E-state index in [4.69, 9.17) is 16.3 Å². The zero-order valence-corrected chi connectivity index (χ0v) is 18.5. The minimum absolute atomic E-state index is 0.0775. The van der Waals surface area contributed by atoms with E-state index >= 15 is 0 Å². The molecule has 6 nitrogen and oxygen atoms in total. The lowest BCUT2D eigenvalue weighted by molar-refractivity contribution is -0.308. The number of halogens is 7. The van der Waals surface area contributed by atoms with Crippen LogP contribution >= 0.6 is 11.6 Å². The van der Waals surface area contributed by atoms with Crippen LogP contribution in [0.5, 0.6) is 0 Å². The fraction of sp³-hybridized carbons (Fsp3) is 0.650. The summed E-state index contributed by atoms with van der Waals surface area (Å²) in [5, 5.41) is 0.548. The standard InChI is InChI=1S/C20H24ClF6N3O3/c1-13-11-28(4-5-30(13)18(31)33-17(19(22,23)24)20(25,26)27)12-14-2-3-15(10-16(14)21)29-6-8-32-9-7-29/h2-3,10,13,17H,4-9,11-12H2,1H3/t13-/m1/s1. The van der Waals surface area contributed by atoms with Gasteiger partial charge in [-0.1, -0.05) is 17.7 Å². The van der Waals surface area contributed by atoms with Crippen molar-refractivity contribution >= 4 is 23.4 Å². The van der Waals surface area contributed by atoms with Crippen molar-refractivity contribution in [3.63, 3.8) is 0 Å². The van der Waals surface area contributed by atoms with Gasteiger partial charge >= 0.3 is 18.4 Å². The first-order valence-corrected chi connectivity index (χ1v) is 10.7. The Bertz CT molecular complexity index is 818. The Morgan fingerprint density at radius 3 is 2.30 bits per heavy atom. The van der Waals surface area contributed by atoms with Crippen molar-refractivity contribution in [2.24, 2.45) is 0 Å². The number of nitrogens with zero attached hydrogens (tertiary/aromatic N) is 3. The van der Waals surface area contributed by atoms with Crippen LogP contribution in [0.2, 0.25) is 5.02 Å². The third-order valence-electron chi connectivity index (χ3n) is 5.57. The molecule has 33 heavy (non-hydrogen) atoms. The predicted molar refractivity (Wildman–Crippen MR) is 108 cm³/mol. The molecule has 2 aliphatic heterocycles. The lowest BCUT2D eigenvalue weighted by Crippen LogP contribution is -2.56. The highest BCUT2D eigenvalue weighted by atomic mass is 35.5. The molecule has 13 heteroatoms. The maximum absolute atomic E-state index is 12.7. The van der Waals surface area contributed by atoms with E-state index in [0.717, 1.165) is 29.2 Å². The summed E-state index contributed by atoms with van der Waals surface area (Å²) < 4.78 is 85.3. The van der Waals surface area contributed by atoms with Crippen LogP contribution in [0.3, 0.4) is 0 Å². The van der Waals surface area contributed by atoms with E-state index in [1.807, 2.05) is 23.1 Å². The molecular formula is C20H24ClF6N3O3. The van der Waals surface area contributed by atoms with Crippen LogP contribution < -0.4 is 4.90 Å². The molecule has 1 aromatic rings. The van der Waals surface area contributed by atoms with E-state index in [0.29, 0.717) is 24.8 Å². The van der Waals surface area contributed by atoms with Crippen molar-refractivity contribution in [1.29, 1.82) is 0 Å². The number of amides is 1. The van der Waals surface area contributed by atoms with Gasteiger partial charge in [-0.05, 0) is 24.6 Å². The molecule has 186 valence electrons. The van der Waals surface area contributed by atoms with Crippen LogP contribution in [-0.2, 0) is 16.0 Å². The lowest BCUT2D eigenvalue weighted by Gasteiger charge is -2.40. The molecule has 1 atom stereocenters. The van der Waals surface area contributed by atoms with Gasteiger partial charge in [0.2, 0.25) is 0 Å². The molecule has 0 aliphatic carbocycles. The van der Waals surface area contributed by atoms with Gasteiger partial charge in [-0.2, -0.15) is 26.3 Å². The summed E-state index contributed by atoms with van der Waals surface area (Å²) in [6.45, 7) is 5.14. The highest BCUT2D eigenvalue weighted by Crippen LogP contribution is 2.36. The molecule has 2 saturated heterocycles. The van der Waals surface area contributed by atoms with E-state index in [-0.39, 0.29) is 19.6 Å². The summed E-state index contributed by atoms with van der Waals surface area (Å²) in [5.74, 6) is 0. The van der Waals surface area contributed by atoms with Crippen molar-refractivity contribution in [3.05, 3.63) is 28.8 Å². The number of piperazine rings is 1. The van der Waals surface area contributed by atoms with Crippen LogP contribution in [0.4, 0.5) is 36.8 Å². The topological polar surface area (TPSA) is 45.2 Å². The van der Waals surface area contributed by atoms with E-state index < -0.39 is 30.6 Å². The van der Waals surface area contributed by atoms with Crippen molar-refractivity contribution in [2.45, 2.75) is 38.0 Å². The second-order valence-corrected chi connectivity index (χ2v) is 8.41. The van der Waals surface area contributed by atoms with E-state index in [1.54, 1.807) is 0 Å². The summed E-state index contributed by atoms with van der Waals surface area (Å²) in [6.07, 6.45) is -17.3. The molecule has 2 heterocycles. The number of morpholine rings is 1. The van der Waals surface area contributed by atoms with Crippen LogP contribution in [0.15, 0.2) is 18.2 Å². The van der Waals surface area contributed by atoms with E-state index in [2.05, 4.69) is 9.64 Å². The van der Waals surface area contributed by atoms with Gasteiger partial charge < -0.3 is 19.3 Å². The predicted octanol–water partition coefficient (Wildman–Crippen LogP) is 4.31. The third-order valence-corrected chi connectivity index (χ3v) is 5.92. The van der Waals surface area contributed by atoms with Crippen molar-refractivity contribution < 1.29 is 40.6 Å². The molecule has 0 bridgehead atoms. The van der Waals surface area contributed by atoms with Gasteiger partial charge in [-0.25, -0.2) is 4.79 Å². The number of hydrogen-bond acceptors (Lipinski definition) is 5. The Balaban J connectivity index is 1.58. The Morgan fingerprint density at radius 1 is 1.12 bits per heavy atom. The zero-order chi connectivity index (χ0) is 24.4. The van der Waals surface area contributed by atoms with Crippen LogP contribution in [0.1, 0.15) is 12.5 Å². The number of anilines is 1. The first kappa shape index (κ1) is 25.7. The molecule has 3 rings (SSSR count). The average molecular weight is 504 g/mol. The second kappa shape index (κ2) is 10.1. The molecular weight excluding hydrogens is 480 g/mol. The number of alkyl halides is 6. The highest BCUT2D eigenvalue weighted by Gasteiger charge is 2.60. The second-order valence-electron chi connectivity index (χ2n) is 8.00. The van der Waals surface area contributed by atoms with E-state index in [1.165, 1.54) is 6.92 Å². The third kappa shape index (κ3) is 6.57. The van der Waals surface area contributed by atoms with Gasteiger partial charge in [0.1, 0.15) is 0 Å². The van der Waals surface area contributed by atoms with E-state index in [9.17, 15) is 31.1 Å². The monoisotopic (exact) mass is 503 g/mol. The number of carbonyl (C=O) groups excluding carboxylic acids is 1. The summed E-state index contributed by atoms with van der Waals surface area (Å²) in [5.41, 5.74) is 1.79. The van der Waals surface area contributed by atoms with Crippen LogP contribution in [0, 0.1) is 0 Å². The fourth-order valence-corrected chi connectivity index (χ4v) is 4.09. The molecule has 2 aliphatic rings.